The standard InChI is InChI=1S/C9H7ClO4/c1-4(11)7-6(10)3-2-5(8(7)12)9(13)14/h2-3,12H,1H3,(H,13,14). The van der Waals surface area contributed by atoms with Gasteiger partial charge in [-0.25, -0.2) is 4.79 Å². The summed E-state index contributed by atoms with van der Waals surface area (Å²) in [5.41, 5.74) is -0.494. The van der Waals surface area contributed by atoms with E-state index in [1.807, 2.05) is 0 Å². The molecular formula is C9H7ClO4. The number of carboxylic acid groups (broad SMARTS) is 1. The van der Waals surface area contributed by atoms with E-state index in [-0.39, 0.29) is 16.1 Å². The number of aromatic carboxylic acids is 1. The van der Waals surface area contributed by atoms with E-state index in [2.05, 4.69) is 0 Å². The molecule has 0 aliphatic rings. The van der Waals surface area contributed by atoms with Gasteiger partial charge in [-0.05, 0) is 19.1 Å². The van der Waals surface area contributed by atoms with Gasteiger partial charge in [0.25, 0.3) is 0 Å². The molecule has 0 fully saturated rings. The summed E-state index contributed by atoms with van der Waals surface area (Å²) in [6.45, 7) is 1.20. The number of carboxylic acids is 1. The van der Waals surface area contributed by atoms with E-state index in [0.29, 0.717) is 0 Å². The molecule has 74 valence electrons. The number of hydrogen-bond donors (Lipinski definition) is 2. The molecule has 0 spiro atoms. The summed E-state index contributed by atoms with van der Waals surface area (Å²) in [7, 11) is 0. The van der Waals surface area contributed by atoms with Crippen LogP contribution in [0.1, 0.15) is 27.6 Å². The second kappa shape index (κ2) is 3.67. The highest BCUT2D eigenvalue weighted by molar-refractivity contribution is 6.34. The van der Waals surface area contributed by atoms with E-state index in [4.69, 9.17) is 16.7 Å². The number of hydrogen-bond acceptors (Lipinski definition) is 3. The molecule has 14 heavy (non-hydrogen) atoms. The monoisotopic (exact) mass is 214 g/mol. The van der Waals surface area contributed by atoms with Crippen molar-refractivity contribution < 1.29 is 19.8 Å². The van der Waals surface area contributed by atoms with Crippen LogP contribution >= 0.6 is 11.6 Å². The van der Waals surface area contributed by atoms with Crippen LogP contribution in [0.3, 0.4) is 0 Å². The summed E-state index contributed by atoms with van der Waals surface area (Å²) >= 11 is 5.63. The molecule has 5 heteroatoms. The molecule has 4 nitrogen and oxygen atoms in total. The molecule has 2 N–H and O–H groups in total. The highest BCUT2D eigenvalue weighted by atomic mass is 35.5. The van der Waals surface area contributed by atoms with Gasteiger partial charge in [0.2, 0.25) is 0 Å². The zero-order valence-corrected chi connectivity index (χ0v) is 8.00. The molecule has 0 saturated heterocycles. The average molecular weight is 215 g/mol. The number of rotatable bonds is 2. The number of halogens is 1. The third kappa shape index (κ3) is 1.70. The van der Waals surface area contributed by atoms with Crippen molar-refractivity contribution in [1.29, 1.82) is 0 Å². The normalized spacial score (nSPS) is 9.86. The van der Waals surface area contributed by atoms with Gasteiger partial charge in [-0.2, -0.15) is 0 Å². The van der Waals surface area contributed by atoms with E-state index in [1.165, 1.54) is 13.0 Å². The molecule has 0 bridgehead atoms. The fraction of sp³-hybridized carbons (Fsp3) is 0.111. The van der Waals surface area contributed by atoms with Crippen molar-refractivity contribution in [2.45, 2.75) is 6.92 Å². The number of carbonyl (C=O) groups excluding carboxylic acids is 1. The first-order valence-electron chi connectivity index (χ1n) is 3.71. The third-order valence-electron chi connectivity index (χ3n) is 1.71. The highest BCUT2D eigenvalue weighted by Crippen LogP contribution is 2.29. The van der Waals surface area contributed by atoms with Crippen LogP contribution in [0.5, 0.6) is 5.75 Å². The number of ketones is 1. The molecule has 0 amide bonds. The molecule has 0 aliphatic heterocycles. The Morgan fingerprint density at radius 2 is 1.93 bits per heavy atom. The number of carbonyl (C=O) groups is 2. The van der Waals surface area contributed by atoms with Crippen LogP contribution < -0.4 is 0 Å². The van der Waals surface area contributed by atoms with Crippen LogP contribution in [0.2, 0.25) is 5.02 Å². The first kappa shape index (κ1) is 10.5. The molecule has 1 rings (SSSR count). The van der Waals surface area contributed by atoms with Crippen molar-refractivity contribution in [3.05, 3.63) is 28.3 Å². The van der Waals surface area contributed by atoms with Crippen molar-refractivity contribution >= 4 is 23.4 Å². The summed E-state index contributed by atoms with van der Waals surface area (Å²) in [4.78, 5) is 21.6. The van der Waals surface area contributed by atoms with Gasteiger partial charge in [-0.15, -0.1) is 0 Å². The molecule has 0 heterocycles. The maximum Gasteiger partial charge on any atom is 0.339 e. The molecule has 0 aliphatic carbocycles. The zero-order valence-electron chi connectivity index (χ0n) is 7.24. The van der Waals surface area contributed by atoms with Crippen LogP contribution in [0.15, 0.2) is 12.1 Å². The van der Waals surface area contributed by atoms with Crippen molar-refractivity contribution in [3.8, 4) is 5.75 Å². The smallest absolute Gasteiger partial charge is 0.339 e. The van der Waals surface area contributed by atoms with Gasteiger partial charge in [0.15, 0.2) is 5.78 Å². The Hall–Kier alpha value is -1.55. The summed E-state index contributed by atoms with van der Waals surface area (Å²) in [5, 5.41) is 18.1. The third-order valence-corrected chi connectivity index (χ3v) is 2.02. The van der Waals surface area contributed by atoms with E-state index in [1.54, 1.807) is 0 Å². The van der Waals surface area contributed by atoms with Crippen LogP contribution in [0.25, 0.3) is 0 Å². The fourth-order valence-electron chi connectivity index (χ4n) is 1.07. The molecule has 0 radical (unpaired) electrons. The van der Waals surface area contributed by atoms with Gasteiger partial charge in [0.05, 0.1) is 10.6 Å². The minimum atomic E-state index is -1.30. The molecule has 0 aromatic heterocycles. The molecule has 0 unspecified atom stereocenters. The Balaban J connectivity index is 3.49. The quantitative estimate of drug-likeness (QED) is 0.738. The van der Waals surface area contributed by atoms with Crippen LogP contribution in [0, 0.1) is 0 Å². The van der Waals surface area contributed by atoms with Gasteiger partial charge < -0.3 is 10.2 Å². The number of benzene rings is 1. The van der Waals surface area contributed by atoms with E-state index >= 15 is 0 Å². The number of phenols is 1. The van der Waals surface area contributed by atoms with Gasteiger partial charge in [0.1, 0.15) is 11.3 Å². The van der Waals surface area contributed by atoms with Crippen molar-refractivity contribution in [3.63, 3.8) is 0 Å². The zero-order chi connectivity index (χ0) is 10.9. The van der Waals surface area contributed by atoms with Crippen LogP contribution in [0.4, 0.5) is 0 Å². The Bertz CT molecular complexity index is 412. The molecule has 1 aromatic carbocycles. The SMILES string of the molecule is CC(=O)c1c(Cl)ccc(C(=O)O)c1O. The van der Waals surface area contributed by atoms with Crippen molar-refractivity contribution in [1.82, 2.24) is 0 Å². The minimum Gasteiger partial charge on any atom is -0.506 e. The van der Waals surface area contributed by atoms with Gasteiger partial charge in [0, 0.05) is 0 Å². The van der Waals surface area contributed by atoms with Crippen LogP contribution in [-0.2, 0) is 0 Å². The second-order valence-electron chi connectivity index (χ2n) is 2.68. The topological polar surface area (TPSA) is 74.6 Å². The fourth-order valence-corrected chi connectivity index (χ4v) is 1.36. The lowest BCUT2D eigenvalue weighted by Crippen LogP contribution is -2.02. The predicted molar refractivity (Wildman–Crippen MR) is 50.1 cm³/mol. The lowest BCUT2D eigenvalue weighted by atomic mass is 10.1. The second-order valence-corrected chi connectivity index (χ2v) is 3.09. The van der Waals surface area contributed by atoms with Gasteiger partial charge >= 0.3 is 5.97 Å². The average Bonchev–Trinajstić information content (AvgIpc) is 2.02. The Morgan fingerprint density at radius 1 is 1.36 bits per heavy atom. The molecular weight excluding hydrogens is 208 g/mol. The Labute approximate surface area is 84.7 Å². The van der Waals surface area contributed by atoms with Crippen LogP contribution in [-0.4, -0.2) is 22.0 Å². The highest BCUT2D eigenvalue weighted by Gasteiger charge is 2.18. The predicted octanol–water partition coefficient (Wildman–Crippen LogP) is 1.95. The van der Waals surface area contributed by atoms with Gasteiger partial charge in [-0.1, -0.05) is 11.6 Å². The maximum atomic E-state index is 11.0. The minimum absolute atomic E-state index is 0.0417. The Kier molecular flexibility index (Phi) is 2.76. The summed E-state index contributed by atoms with van der Waals surface area (Å²) in [6, 6.07) is 2.41. The van der Waals surface area contributed by atoms with E-state index in [0.717, 1.165) is 6.07 Å². The maximum absolute atomic E-state index is 11.0. The summed E-state index contributed by atoms with van der Waals surface area (Å²) in [5.74, 6) is -2.37. The van der Waals surface area contributed by atoms with Crippen molar-refractivity contribution in [2.75, 3.05) is 0 Å². The number of Topliss-reactive ketones (excluding diaryl/α,β-unsaturated/α-hetero) is 1. The first-order chi connectivity index (χ1) is 6.45. The van der Waals surface area contributed by atoms with Crippen molar-refractivity contribution in [2.24, 2.45) is 0 Å². The summed E-state index contributed by atoms with van der Waals surface area (Å²) in [6.07, 6.45) is 0. The molecule has 0 saturated carbocycles. The summed E-state index contributed by atoms with van der Waals surface area (Å²) < 4.78 is 0. The number of aromatic hydroxyl groups is 1. The van der Waals surface area contributed by atoms with E-state index in [9.17, 15) is 14.7 Å². The molecule has 0 atom stereocenters. The Morgan fingerprint density at radius 3 is 2.36 bits per heavy atom. The first-order valence-corrected chi connectivity index (χ1v) is 4.08. The molecule has 1 aromatic rings. The lowest BCUT2D eigenvalue weighted by Gasteiger charge is -2.05. The van der Waals surface area contributed by atoms with Gasteiger partial charge in [-0.3, -0.25) is 4.79 Å². The van der Waals surface area contributed by atoms with E-state index < -0.39 is 17.5 Å². The lowest BCUT2D eigenvalue weighted by molar-refractivity contribution is 0.0693. The largest absolute Gasteiger partial charge is 0.506 e.